The quantitative estimate of drug-likeness (QED) is 0.515. The molecule has 1 aliphatic heterocycles. The minimum Gasteiger partial charge on any atom is -0.494 e. The van der Waals surface area contributed by atoms with Crippen molar-refractivity contribution >= 4 is 51.8 Å². The van der Waals surface area contributed by atoms with E-state index in [1.54, 1.807) is 30.3 Å². The van der Waals surface area contributed by atoms with Gasteiger partial charge in [-0.15, -0.1) is 0 Å². The van der Waals surface area contributed by atoms with Crippen molar-refractivity contribution in [3.05, 3.63) is 51.5 Å². The zero-order chi connectivity index (χ0) is 23.5. The van der Waals surface area contributed by atoms with Crippen LogP contribution in [0.1, 0.15) is 24.0 Å². The Bertz CT molecular complexity index is 1230. The fourth-order valence-corrected chi connectivity index (χ4v) is 4.57. The first-order valence-electron chi connectivity index (χ1n) is 10.3. The summed E-state index contributed by atoms with van der Waals surface area (Å²) in [5.41, 5.74) is 2.02. The van der Waals surface area contributed by atoms with Gasteiger partial charge in [0.05, 0.1) is 40.2 Å². The Hall–Kier alpha value is -3.28. The van der Waals surface area contributed by atoms with Crippen molar-refractivity contribution in [3.8, 4) is 11.8 Å². The molecule has 2 N–H and O–H groups in total. The van der Waals surface area contributed by atoms with Crippen LogP contribution >= 0.6 is 23.2 Å². The average molecular weight is 486 g/mol. The molecule has 0 unspecified atom stereocenters. The Labute approximate surface area is 200 Å². The summed E-state index contributed by atoms with van der Waals surface area (Å²) in [7, 11) is 1.51. The van der Waals surface area contributed by atoms with E-state index in [-0.39, 0.29) is 5.92 Å². The lowest BCUT2D eigenvalue weighted by molar-refractivity contribution is -0.142. The lowest BCUT2D eigenvalue weighted by Crippen LogP contribution is -2.37. The highest BCUT2D eigenvalue weighted by Crippen LogP contribution is 2.34. The van der Waals surface area contributed by atoms with Gasteiger partial charge in [0.25, 0.3) is 0 Å². The number of carbonyl (C=O) groups is 1. The van der Waals surface area contributed by atoms with Crippen molar-refractivity contribution in [2.24, 2.45) is 5.92 Å². The van der Waals surface area contributed by atoms with E-state index in [9.17, 15) is 15.2 Å². The van der Waals surface area contributed by atoms with Crippen molar-refractivity contribution < 1.29 is 14.6 Å². The molecule has 33 heavy (non-hydrogen) atoms. The predicted molar refractivity (Wildman–Crippen MR) is 127 cm³/mol. The van der Waals surface area contributed by atoms with Crippen LogP contribution in [0.2, 0.25) is 10.0 Å². The zero-order valence-corrected chi connectivity index (χ0v) is 19.3. The van der Waals surface area contributed by atoms with Crippen LogP contribution in [0.4, 0.5) is 11.8 Å². The summed E-state index contributed by atoms with van der Waals surface area (Å²) in [5, 5.41) is 23.4. The maximum absolute atomic E-state index is 11.3. The number of carboxylic acids is 1. The lowest BCUT2D eigenvalue weighted by Gasteiger charge is -2.30. The van der Waals surface area contributed by atoms with Crippen LogP contribution in [-0.4, -0.2) is 41.2 Å². The fourth-order valence-electron chi connectivity index (χ4n) is 3.88. The number of methoxy groups -OCH3 is 1. The Morgan fingerprint density at radius 2 is 1.94 bits per heavy atom. The van der Waals surface area contributed by atoms with Gasteiger partial charge in [-0.2, -0.15) is 10.2 Å². The number of nitrogens with zero attached hydrogens (tertiary/aromatic N) is 4. The number of nitrogens with one attached hydrogen (secondary N) is 1. The van der Waals surface area contributed by atoms with Gasteiger partial charge in [0.1, 0.15) is 5.82 Å². The van der Waals surface area contributed by atoms with E-state index in [4.69, 9.17) is 32.9 Å². The molecule has 0 amide bonds. The fraction of sp³-hybridized carbons (Fsp3) is 0.304. The van der Waals surface area contributed by atoms with Gasteiger partial charge in [0.2, 0.25) is 5.95 Å². The van der Waals surface area contributed by atoms with Crippen molar-refractivity contribution in [2.45, 2.75) is 19.4 Å². The molecule has 1 aromatic heterocycles. The molecule has 10 heteroatoms. The van der Waals surface area contributed by atoms with E-state index < -0.39 is 5.97 Å². The maximum Gasteiger partial charge on any atom is 0.306 e. The predicted octanol–water partition coefficient (Wildman–Crippen LogP) is 4.73. The van der Waals surface area contributed by atoms with Gasteiger partial charge >= 0.3 is 5.97 Å². The van der Waals surface area contributed by atoms with Crippen LogP contribution in [0.15, 0.2) is 30.3 Å². The third-order valence-corrected chi connectivity index (χ3v) is 6.22. The minimum absolute atomic E-state index is 0.345. The monoisotopic (exact) mass is 485 g/mol. The Kier molecular flexibility index (Phi) is 6.72. The van der Waals surface area contributed by atoms with E-state index in [2.05, 4.69) is 16.4 Å². The smallest absolute Gasteiger partial charge is 0.306 e. The zero-order valence-electron chi connectivity index (χ0n) is 17.8. The highest BCUT2D eigenvalue weighted by atomic mass is 35.5. The van der Waals surface area contributed by atoms with Crippen LogP contribution in [0, 0.1) is 17.2 Å². The molecule has 3 aromatic rings. The Morgan fingerprint density at radius 1 is 1.24 bits per heavy atom. The largest absolute Gasteiger partial charge is 0.494 e. The van der Waals surface area contributed by atoms with Gasteiger partial charge in [-0.3, -0.25) is 4.79 Å². The van der Waals surface area contributed by atoms with Crippen LogP contribution in [0.5, 0.6) is 5.75 Å². The van der Waals surface area contributed by atoms with Crippen LogP contribution < -0.4 is 15.0 Å². The third-order valence-electron chi connectivity index (χ3n) is 5.66. The number of halogens is 2. The molecule has 0 spiro atoms. The van der Waals surface area contributed by atoms with E-state index in [0.717, 1.165) is 5.56 Å². The number of hydrogen-bond donors (Lipinski definition) is 2. The molecule has 0 saturated carbocycles. The van der Waals surface area contributed by atoms with Gasteiger partial charge < -0.3 is 20.1 Å². The summed E-state index contributed by atoms with van der Waals surface area (Å²) in [4.78, 5) is 22.7. The number of carboxylic acid groups (broad SMARTS) is 1. The van der Waals surface area contributed by atoms with E-state index in [1.807, 2.05) is 4.90 Å². The van der Waals surface area contributed by atoms with Gasteiger partial charge in [-0.1, -0.05) is 23.2 Å². The molecule has 1 fully saturated rings. The van der Waals surface area contributed by atoms with Crippen LogP contribution in [-0.2, 0) is 11.3 Å². The Morgan fingerprint density at radius 3 is 2.55 bits per heavy atom. The van der Waals surface area contributed by atoms with Crippen molar-refractivity contribution in [1.29, 1.82) is 5.26 Å². The first-order valence-corrected chi connectivity index (χ1v) is 11.1. The summed E-state index contributed by atoms with van der Waals surface area (Å²) in [6.07, 6.45) is 1.07. The van der Waals surface area contributed by atoms with Gasteiger partial charge in [-0.25, -0.2) is 4.98 Å². The molecule has 4 rings (SSSR count). The number of hydrogen-bond acceptors (Lipinski definition) is 7. The minimum atomic E-state index is -0.766. The molecule has 0 aliphatic carbocycles. The van der Waals surface area contributed by atoms with Crippen molar-refractivity contribution in [3.63, 3.8) is 0 Å². The maximum atomic E-state index is 11.3. The Balaban J connectivity index is 1.65. The summed E-state index contributed by atoms with van der Waals surface area (Å²) in [6, 6.07) is 10.9. The molecular weight excluding hydrogens is 465 g/mol. The van der Waals surface area contributed by atoms with Gasteiger partial charge in [-0.05, 0) is 48.7 Å². The molecule has 1 saturated heterocycles. The van der Waals surface area contributed by atoms with Crippen molar-refractivity contribution in [1.82, 2.24) is 9.97 Å². The summed E-state index contributed by atoms with van der Waals surface area (Å²) in [6.45, 7) is 1.50. The number of nitriles is 1. The molecule has 2 aromatic carbocycles. The van der Waals surface area contributed by atoms with Crippen LogP contribution in [0.3, 0.4) is 0 Å². The summed E-state index contributed by atoms with van der Waals surface area (Å²) < 4.78 is 5.20. The molecule has 8 nitrogen and oxygen atoms in total. The lowest BCUT2D eigenvalue weighted by atomic mass is 9.97. The first kappa shape index (κ1) is 22.9. The topological polar surface area (TPSA) is 111 Å². The number of rotatable bonds is 6. The van der Waals surface area contributed by atoms with Crippen molar-refractivity contribution in [2.75, 3.05) is 30.4 Å². The highest BCUT2D eigenvalue weighted by molar-refractivity contribution is 6.37. The normalized spacial score (nSPS) is 14.2. The second-order valence-electron chi connectivity index (χ2n) is 7.76. The molecule has 170 valence electrons. The number of aliphatic carboxylic acids is 1. The summed E-state index contributed by atoms with van der Waals surface area (Å²) >= 11 is 12.5. The SMILES string of the molecule is COc1c(Cl)cc(CNc2nc(N3CCC(C(=O)O)CC3)nc3ccc(C#N)cc23)cc1Cl. The number of aromatic nitrogens is 2. The molecule has 0 bridgehead atoms. The molecule has 1 aliphatic rings. The van der Waals surface area contributed by atoms with E-state index in [1.165, 1.54) is 7.11 Å². The number of ether oxygens (including phenoxy) is 1. The van der Waals surface area contributed by atoms with E-state index >= 15 is 0 Å². The van der Waals surface area contributed by atoms with Gasteiger partial charge in [0.15, 0.2) is 5.75 Å². The number of fused-ring (bicyclic) bond motifs is 1. The van der Waals surface area contributed by atoms with Gasteiger partial charge in [0, 0.05) is 25.0 Å². The second kappa shape index (κ2) is 9.69. The third kappa shape index (κ3) is 4.90. The highest BCUT2D eigenvalue weighted by Gasteiger charge is 2.26. The van der Waals surface area contributed by atoms with E-state index in [0.29, 0.717) is 76.5 Å². The summed E-state index contributed by atoms with van der Waals surface area (Å²) in [5.74, 6) is 0.388. The average Bonchev–Trinajstić information content (AvgIpc) is 2.82. The number of benzene rings is 2. The number of piperidine rings is 1. The first-order chi connectivity index (χ1) is 15.9. The number of anilines is 2. The second-order valence-corrected chi connectivity index (χ2v) is 8.58. The molecule has 2 heterocycles. The molecule has 0 atom stereocenters. The molecule has 0 radical (unpaired) electrons. The van der Waals surface area contributed by atoms with Crippen LogP contribution in [0.25, 0.3) is 10.9 Å². The standard InChI is InChI=1S/C23H21Cl2N5O3/c1-33-20-17(24)9-14(10-18(20)25)12-27-21-16-8-13(11-26)2-3-19(16)28-23(29-21)30-6-4-15(5-7-30)22(31)32/h2-3,8-10,15H,4-7,12H2,1H3,(H,31,32)(H,27,28,29). The molecular formula is C23H21Cl2N5O3.